The summed E-state index contributed by atoms with van der Waals surface area (Å²) in [5, 5.41) is 17.9. The zero-order valence-electron chi connectivity index (χ0n) is 17.5. The van der Waals surface area contributed by atoms with Crippen LogP contribution in [0.15, 0.2) is 75.8 Å². The molecule has 0 saturated carbocycles. The van der Waals surface area contributed by atoms with Gasteiger partial charge in [-0.15, -0.1) is 0 Å². The van der Waals surface area contributed by atoms with Gasteiger partial charge >= 0.3 is 0 Å². The summed E-state index contributed by atoms with van der Waals surface area (Å²) in [6.07, 6.45) is 1.79. The molecule has 0 aliphatic heterocycles. The lowest BCUT2D eigenvalue weighted by Crippen LogP contribution is -2.12. The van der Waals surface area contributed by atoms with Crippen molar-refractivity contribution < 1.29 is 18.9 Å². The number of hydrogen-bond donors (Lipinski definition) is 1. The van der Waals surface area contributed by atoms with Gasteiger partial charge < -0.3 is 14.5 Å². The van der Waals surface area contributed by atoms with E-state index in [2.05, 4.69) is 26.3 Å². The van der Waals surface area contributed by atoms with Crippen molar-refractivity contribution in [3.63, 3.8) is 0 Å². The van der Waals surface area contributed by atoms with Crippen molar-refractivity contribution >= 4 is 33.3 Å². The van der Waals surface area contributed by atoms with Gasteiger partial charge in [0.15, 0.2) is 11.6 Å². The molecule has 0 aliphatic rings. The highest BCUT2D eigenvalue weighted by Crippen LogP contribution is 2.23. The van der Waals surface area contributed by atoms with Crippen LogP contribution in [-0.2, 0) is 13.2 Å². The standard InChI is InChI=1S/C23H19BrN4O5/c1-15-2-4-16(5-3-15)12-27-13-20(24)22(26-27)25-23(29)21-11-10-19(33-21)14-32-18-8-6-17(7-9-18)28(30)31/h2-11,13H,12,14H2,1H3,(H,25,26,29). The molecule has 4 rings (SSSR count). The Hall–Kier alpha value is -3.92. The minimum absolute atomic E-state index is 0.0215. The Labute approximate surface area is 197 Å². The lowest BCUT2D eigenvalue weighted by atomic mass is 10.1. The van der Waals surface area contributed by atoms with Gasteiger partial charge in [0.2, 0.25) is 0 Å². The van der Waals surface area contributed by atoms with E-state index in [1.165, 1.54) is 29.8 Å². The van der Waals surface area contributed by atoms with Crippen molar-refractivity contribution in [1.82, 2.24) is 9.78 Å². The number of nitro groups is 1. The van der Waals surface area contributed by atoms with Crippen molar-refractivity contribution in [2.75, 3.05) is 5.32 Å². The highest BCUT2D eigenvalue weighted by Gasteiger charge is 2.16. The molecule has 9 nitrogen and oxygen atoms in total. The van der Waals surface area contributed by atoms with Crippen LogP contribution in [0.3, 0.4) is 0 Å². The molecule has 0 spiro atoms. The van der Waals surface area contributed by atoms with Gasteiger partial charge in [-0.05, 0) is 52.7 Å². The normalized spacial score (nSPS) is 10.7. The summed E-state index contributed by atoms with van der Waals surface area (Å²) in [6, 6.07) is 17.0. The lowest BCUT2D eigenvalue weighted by molar-refractivity contribution is -0.384. The molecule has 1 N–H and O–H groups in total. The molecule has 33 heavy (non-hydrogen) atoms. The number of nitrogens with one attached hydrogen (secondary N) is 1. The second-order valence-corrected chi connectivity index (χ2v) is 8.12. The van der Waals surface area contributed by atoms with Gasteiger partial charge in [0.1, 0.15) is 18.1 Å². The zero-order valence-corrected chi connectivity index (χ0v) is 19.1. The number of anilines is 1. The van der Waals surface area contributed by atoms with Crippen LogP contribution in [0, 0.1) is 17.0 Å². The molecular formula is C23H19BrN4O5. The van der Waals surface area contributed by atoms with Crippen molar-refractivity contribution in [3.8, 4) is 5.75 Å². The molecule has 2 aromatic heterocycles. The van der Waals surface area contributed by atoms with Crippen LogP contribution in [0.1, 0.15) is 27.4 Å². The quantitative estimate of drug-likeness (QED) is 0.253. The third-order valence-corrected chi connectivity index (χ3v) is 5.31. The molecule has 2 heterocycles. The Morgan fingerprint density at radius 1 is 1.15 bits per heavy atom. The molecule has 0 atom stereocenters. The third-order valence-electron chi connectivity index (χ3n) is 4.73. The number of nitro benzene ring substituents is 1. The van der Waals surface area contributed by atoms with Gasteiger partial charge in [-0.2, -0.15) is 5.10 Å². The Kier molecular flexibility index (Phi) is 6.55. The number of benzene rings is 2. The Balaban J connectivity index is 1.35. The molecule has 168 valence electrons. The fraction of sp³-hybridized carbons (Fsp3) is 0.130. The Morgan fingerprint density at radius 3 is 2.58 bits per heavy atom. The smallest absolute Gasteiger partial charge is 0.292 e. The van der Waals surface area contributed by atoms with E-state index in [1.54, 1.807) is 23.0 Å². The molecule has 0 fully saturated rings. The molecule has 0 unspecified atom stereocenters. The largest absolute Gasteiger partial charge is 0.486 e. The molecule has 1 amide bonds. The molecule has 0 aliphatic carbocycles. The number of furan rings is 1. The number of carbonyl (C=O) groups is 1. The maximum absolute atomic E-state index is 12.6. The summed E-state index contributed by atoms with van der Waals surface area (Å²) in [5.41, 5.74) is 2.26. The number of aromatic nitrogens is 2. The lowest BCUT2D eigenvalue weighted by Gasteiger charge is -2.04. The van der Waals surface area contributed by atoms with E-state index in [1.807, 2.05) is 31.2 Å². The van der Waals surface area contributed by atoms with Gasteiger partial charge in [0, 0.05) is 18.3 Å². The first-order valence-corrected chi connectivity index (χ1v) is 10.7. The second kappa shape index (κ2) is 9.70. The fourth-order valence-electron chi connectivity index (χ4n) is 3.01. The average Bonchev–Trinajstić information content (AvgIpc) is 3.41. The van der Waals surface area contributed by atoms with Crippen molar-refractivity contribution in [3.05, 3.63) is 104 Å². The van der Waals surface area contributed by atoms with E-state index in [9.17, 15) is 14.9 Å². The third kappa shape index (κ3) is 5.66. The van der Waals surface area contributed by atoms with Crippen molar-refractivity contribution in [2.45, 2.75) is 20.1 Å². The van der Waals surface area contributed by atoms with Gasteiger partial charge in [0.25, 0.3) is 11.6 Å². The van der Waals surface area contributed by atoms with Gasteiger partial charge in [0.05, 0.1) is 15.9 Å². The number of aryl methyl sites for hydroxylation is 1. The highest BCUT2D eigenvalue weighted by atomic mass is 79.9. The topological polar surface area (TPSA) is 112 Å². The van der Waals surface area contributed by atoms with E-state index < -0.39 is 10.8 Å². The summed E-state index contributed by atoms with van der Waals surface area (Å²) < 4.78 is 13.5. The molecule has 0 saturated heterocycles. The number of nitrogens with zero attached hydrogens (tertiary/aromatic N) is 3. The number of rotatable bonds is 8. The van der Waals surface area contributed by atoms with E-state index in [4.69, 9.17) is 9.15 Å². The van der Waals surface area contributed by atoms with Crippen LogP contribution in [0.25, 0.3) is 0 Å². The average molecular weight is 511 g/mol. The van der Waals surface area contributed by atoms with Crippen molar-refractivity contribution in [2.24, 2.45) is 0 Å². The van der Waals surface area contributed by atoms with E-state index in [0.29, 0.717) is 28.3 Å². The fourth-order valence-corrected chi connectivity index (χ4v) is 3.42. The number of hydrogen-bond acceptors (Lipinski definition) is 6. The number of non-ortho nitro benzene ring substituents is 1. The highest BCUT2D eigenvalue weighted by molar-refractivity contribution is 9.10. The molecule has 4 aromatic rings. The molecule has 2 aromatic carbocycles. The SMILES string of the molecule is Cc1ccc(Cn2cc(Br)c(NC(=O)c3ccc(COc4ccc([N+](=O)[O-])cc4)o3)n2)cc1. The summed E-state index contributed by atoms with van der Waals surface area (Å²) in [5.74, 6) is 0.927. The van der Waals surface area contributed by atoms with Gasteiger partial charge in [-0.25, -0.2) is 0 Å². The minimum Gasteiger partial charge on any atom is -0.486 e. The number of halogens is 1. The van der Waals surface area contributed by atoms with Crippen LogP contribution >= 0.6 is 15.9 Å². The molecular weight excluding hydrogens is 492 g/mol. The zero-order chi connectivity index (χ0) is 23.4. The van der Waals surface area contributed by atoms with Crippen LogP contribution in [0.5, 0.6) is 5.75 Å². The van der Waals surface area contributed by atoms with Gasteiger partial charge in [-0.3, -0.25) is 19.6 Å². The Morgan fingerprint density at radius 2 is 1.88 bits per heavy atom. The first kappa shape index (κ1) is 22.3. The maximum atomic E-state index is 12.6. The predicted molar refractivity (Wildman–Crippen MR) is 124 cm³/mol. The monoisotopic (exact) mass is 510 g/mol. The number of ether oxygens (including phenoxy) is 1. The minimum atomic E-state index is -0.481. The van der Waals surface area contributed by atoms with Crippen LogP contribution in [0.4, 0.5) is 11.5 Å². The first-order valence-electron chi connectivity index (χ1n) is 9.93. The summed E-state index contributed by atoms with van der Waals surface area (Å²) in [4.78, 5) is 22.8. The maximum Gasteiger partial charge on any atom is 0.292 e. The van der Waals surface area contributed by atoms with E-state index >= 15 is 0 Å². The molecule has 0 bridgehead atoms. The second-order valence-electron chi connectivity index (χ2n) is 7.27. The summed E-state index contributed by atoms with van der Waals surface area (Å²) in [7, 11) is 0. The van der Waals surface area contributed by atoms with E-state index in [0.717, 1.165) is 5.56 Å². The van der Waals surface area contributed by atoms with Crippen LogP contribution in [0.2, 0.25) is 0 Å². The summed E-state index contributed by atoms with van der Waals surface area (Å²) >= 11 is 3.42. The van der Waals surface area contributed by atoms with Gasteiger partial charge in [-0.1, -0.05) is 29.8 Å². The summed E-state index contributed by atoms with van der Waals surface area (Å²) in [6.45, 7) is 2.67. The molecule has 10 heteroatoms. The molecule has 0 radical (unpaired) electrons. The predicted octanol–water partition coefficient (Wildman–Crippen LogP) is 5.33. The first-order chi connectivity index (χ1) is 15.9. The Bertz CT molecular complexity index is 1280. The van der Waals surface area contributed by atoms with Crippen LogP contribution < -0.4 is 10.1 Å². The van der Waals surface area contributed by atoms with E-state index in [-0.39, 0.29) is 18.1 Å². The number of carbonyl (C=O) groups excluding carboxylic acids is 1. The number of amides is 1. The van der Waals surface area contributed by atoms with Crippen LogP contribution in [-0.4, -0.2) is 20.6 Å². The van der Waals surface area contributed by atoms with Crippen molar-refractivity contribution in [1.29, 1.82) is 0 Å².